The normalized spacial score (nSPS) is 13.8. The molecule has 0 amide bonds. The maximum Gasteiger partial charge on any atom is 0.160 e. The summed E-state index contributed by atoms with van der Waals surface area (Å²) in [5, 5.41) is 7.63. The van der Waals surface area contributed by atoms with Gasteiger partial charge < -0.3 is 10.6 Å². The zero-order valence-electron chi connectivity index (χ0n) is 16.8. The number of nitrogens with one attached hydrogen (secondary N) is 2. The Bertz CT molecular complexity index is 1170. The van der Waals surface area contributed by atoms with Crippen LogP contribution in [0.3, 0.4) is 0 Å². The lowest BCUT2D eigenvalue weighted by molar-refractivity contribution is 0.421. The van der Waals surface area contributed by atoms with Gasteiger partial charge in [-0.05, 0) is 55.5 Å². The third-order valence-electron chi connectivity index (χ3n) is 5.58. The van der Waals surface area contributed by atoms with Crippen molar-refractivity contribution in [3.05, 3.63) is 66.4 Å². The molecule has 4 aromatic heterocycles. The average Bonchev–Trinajstić information content (AvgIpc) is 2.73. The van der Waals surface area contributed by atoms with Crippen LogP contribution in [-0.2, 0) is 0 Å². The van der Waals surface area contributed by atoms with E-state index in [0.29, 0.717) is 18.4 Å². The van der Waals surface area contributed by atoms with Crippen molar-refractivity contribution in [1.82, 2.24) is 24.9 Å². The van der Waals surface area contributed by atoms with E-state index in [1.165, 1.54) is 24.8 Å². The summed E-state index contributed by atoms with van der Waals surface area (Å²) in [6.45, 7) is 2.58. The molecule has 1 aliphatic rings. The van der Waals surface area contributed by atoms with Gasteiger partial charge in [0.25, 0.3) is 0 Å². The summed E-state index contributed by atoms with van der Waals surface area (Å²) >= 11 is 0. The minimum atomic E-state index is 0.514. The first kappa shape index (κ1) is 18.4. The number of aryl methyl sites for hydroxylation is 1. The maximum absolute atomic E-state index is 4.82. The second kappa shape index (κ2) is 8.02. The van der Waals surface area contributed by atoms with Crippen LogP contribution in [0, 0.1) is 6.92 Å². The van der Waals surface area contributed by atoms with Gasteiger partial charge in [0.15, 0.2) is 5.82 Å². The Kier molecular flexibility index (Phi) is 4.93. The molecule has 1 fully saturated rings. The number of fused-ring (bicyclic) bond motifs is 1. The van der Waals surface area contributed by atoms with Crippen LogP contribution in [-0.4, -0.2) is 31.6 Å². The first-order valence-corrected chi connectivity index (χ1v) is 10.3. The molecule has 0 aromatic carbocycles. The van der Waals surface area contributed by atoms with Gasteiger partial charge in [0.05, 0.1) is 18.4 Å². The lowest BCUT2D eigenvalue weighted by Gasteiger charge is -2.26. The van der Waals surface area contributed by atoms with Gasteiger partial charge in [0.2, 0.25) is 0 Å². The summed E-state index contributed by atoms with van der Waals surface area (Å²) in [5.41, 5.74) is 4.12. The Morgan fingerprint density at radius 3 is 2.63 bits per heavy atom. The summed E-state index contributed by atoms with van der Waals surface area (Å²) in [5.74, 6) is 2.84. The number of pyridine rings is 3. The van der Waals surface area contributed by atoms with Crippen molar-refractivity contribution in [2.24, 2.45) is 0 Å². The van der Waals surface area contributed by atoms with Crippen LogP contribution in [0.15, 0.2) is 55.1 Å². The van der Waals surface area contributed by atoms with Crippen molar-refractivity contribution in [3.8, 4) is 11.4 Å². The highest BCUT2D eigenvalue weighted by Crippen LogP contribution is 2.39. The van der Waals surface area contributed by atoms with Crippen LogP contribution >= 0.6 is 0 Å². The SMILES string of the molecule is Cc1nc(-c2ccnc(NCNc3ccccn3)c2)nc2cncc(C3CCC3)c12. The van der Waals surface area contributed by atoms with Crippen LogP contribution in [0.4, 0.5) is 11.6 Å². The molecule has 150 valence electrons. The first-order chi connectivity index (χ1) is 14.8. The molecule has 30 heavy (non-hydrogen) atoms. The molecule has 0 atom stereocenters. The summed E-state index contributed by atoms with van der Waals surface area (Å²) in [7, 11) is 0. The highest BCUT2D eigenvalue weighted by molar-refractivity contribution is 5.85. The largest absolute Gasteiger partial charge is 0.353 e. The molecule has 0 unspecified atom stereocenters. The molecular weight excluding hydrogens is 374 g/mol. The molecule has 4 heterocycles. The Hall–Kier alpha value is -3.61. The molecule has 0 spiro atoms. The van der Waals surface area contributed by atoms with E-state index in [0.717, 1.165) is 33.8 Å². The van der Waals surface area contributed by atoms with E-state index in [4.69, 9.17) is 9.97 Å². The topological polar surface area (TPSA) is 88.5 Å². The molecule has 0 bridgehead atoms. The highest BCUT2D eigenvalue weighted by atomic mass is 15.1. The van der Waals surface area contributed by atoms with Gasteiger partial charge in [0.1, 0.15) is 11.6 Å². The van der Waals surface area contributed by atoms with E-state index in [1.807, 2.05) is 42.7 Å². The van der Waals surface area contributed by atoms with Gasteiger partial charge in [-0.25, -0.2) is 19.9 Å². The minimum absolute atomic E-state index is 0.514. The van der Waals surface area contributed by atoms with Crippen molar-refractivity contribution in [1.29, 1.82) is 0 Å². The molecule has 7 nitrogen and oxygen atoms in total. The molecule has 5 rings (SSSR count). The van der Waals surface area contributed by atoms with Crippen molar-refractivity contribution >= 4 is 22.5 Å². The van der Waals surface area contributed by atoms with Gasteiger partial charge in [-0.3, -0.25) is 4.98 Å². The van der Waals surface area contributed by atoms with Crippen LogP contribution in [0.2, 0.25) is 0 Å². The van der Waals surface area contributed by atoms with Crippen LogP contribution in [0.1, 0.15) is 36.4 Å². The van der Waals surface area contributed by atoms with E-state index in [9.17, 15) is 0 Å². The Labute approximate surface area is 175 Å². The van der Waals surface area contributed by atoms with E-state index >= 15 is 0 Å². The van der Waals surface area contributed by atoms with Crippen molar-refractivity contribution in [3.63, 3.8) is 0 Å². The second-order valence-electron chi connectivity index (χ2n) is 7.56. The van der Waals surface area contributed by atoms with E-state index < -0.39 is 0 Å². The highest BCUT2D eigenvalue weighted by Gasteiger charge is 2.23. The number of rotatable bonds is 6. The fraction of sp³-hybridized carbons (Fsp3) is 0.261. The molecule has 1 saturated carbocycles. The molecular formula is C23H23N7. The molecule has 0 aliphatic heterocycles. The predicted molar refractivity (Wildman–Crippen MR) is 118 cm³/mol. The lowest BCUT2D eigenvalue weighted by atomic mass is 9.79. The van der Waals surface area contributed by atoms with E-state index in [1.54, 1.807) is 12.4 Å². The monoisotopic (exact) mass is 397 g/mol. The van der Waals surface area contributed by atoms with E-state index in [2.05, 4.69) is 32.5 Å². The third-order valence-corrected chi connectivity index (χ3v) is 5.58. The fourth-order valence-electron chi connectivity index (χ4n) is 3.81. The van der Waals surface area contributed by atoms with Crippen molar-refractivity contribution in [2.45, 2.75) is 32.1 Å². The lowest BCUT2D eigenvalue weighted by Crippen LogP contribution is -2.13. The summed E-state index contributed by atoms with van der Waals surface area (Å²) < 4.78 is 0. The first-order valence-electron chi connectivity index (χ1n) is 10.3. The molecule has 4 aromatic rings. The molecule has 0 saturated heterocycles. The van der Waals surface area contributed by atoms with E-state index in [-0.39, 0.29) is 0 Å². The van der Waals surface area contributed by atoms with Gasteiger partial charge in [0, 0.05) is 35.2 Å². The third kappa shape index (κ3) is 3.66. The summed E-state index contributed by atoms with van der Waals surface area (Å²) in [6, 6.07) is 9.65. The number of hydrogen-bond donors (Lipinski definition) is 2. The summed E-state index contributed by atoms with van der Waals surface area (Å²) in [4.78, 5) is 22.7. The van der Waals surface area contributed by atoms with Gasteiger partial charge in [-0.2, -0.15) is 0 Å². The standard InChI is InChI=1S/C23H23N7/c1-15-22-18(16-5-4-6-16)12-24-13-19(22)30-23(29-15)17-8-10-26-21(11-17)28-14-27-20-7-2-3-9-25-20/h2-3,7-13,16H,4-6,14H2,1H3,(H,25,27)(H,26,28). The number of aromatic nitrogens is 5. The quantitative estimate of drug-likeness (QED) is 0.462. The average molecular weight is 397 g/mol. The number of hydrogen-bond acceptors (Lipinski definition) is 7. The number of anilines is 2. The van der Waals surface area contributed by atoms with Crippen LogP contribution in [0.25, 0.3) is 22.3 Å². The van der Waals surface area contributed by atoms with Crippen molar-refractivity contribution in [2.75, 3.05) is 17.3 Å². The van der Waals surface area contributed by atoms with Crippen LogP contribution in [0.5, 0.6) is 0 Å². The maximum atomic E-state index is 4.82. The summed E-state index contributed by atoms with van der Waals surface area (Å²) in [6.07, 6.45) is 11.1. The number of nitrogens with zero attached hydrogens (tertiary/aromatic N) is 5. The molecule has 0 radical (unpaired) electrons. The van der Waals surface area contributed by atoms with Crippen LogP contribution < -0.4 is 10.6 Å². The zero-order chi connectivity index (χ0) is 20.3. The Morgan fingerprint density at radius 1 is 0.967 bits per heavy atom. The molecule has 2 N–H and O–H groups in total. The Balaban J connectivity index is 1.39. The van der Waals surface area contributed by atoms with Crippen molar-refractivity contribution < 1.29 is 0 Å². The van der Waals surface area contributed by atoms with Gasteiger partial charge in [-0.1, -0.05) is 12.5 Å². The molecule has 1 aliphatic carbocycles. The fourth-order valence-corrected chi connectivity index (χ4v) is 3.81. The second-order valence-corrected chi connectivity index (χ2v) is 7.56. The zero-order valence-corrected chi connectivity index (χ0v) is 16.8. The minimum Gasteiger partial charge on any atom is -0.353 e. The van der Waals surface area contributed by atoms with Gasteiger partial charge >= 0.3 is 0 Å². The Morgan fingerprint density at radius 2 is 1.83 bits per heavy atom. The smallest absolute Gasteiger partial charge is 0.160 e. The molecule has 7 heteroatoms. The van der Waals surface area contributed by atoms with Gasteiger partial charge in [-0.15, -0.1) is 0 Å². The predicted octanol–water partition coefficient (Wildman–Crippen LogP) is 4.54.